The maximum Gasteiger partial charge on any atom is 0.179 e. The van der Waals surface area contributed by atoms with E-state index in [4.69, 9.17) is 0 Å². The molecule has 2 nitrogen and oxygen atoms in total. The van der Waals surface area contributed by atoms with Crippen LogP contribution in [0.15, 0.2) is 28.7 Å². The Balaban J connectivity index is 2.03. The van der Waals surface area contributed by atoms with Gasteiger partial charge in [-0.15, -0.1) is 0 Å². The van der Waals surface area contributed by atoms with Crippen LogP contribution in [0.3, 0.4) is 0 Å². The first kappa shape index (κ1) is 14.7. The normalized spacial score (nSPS) is 22.8. The van der Waals surface area contributed by atoms with Gasteiger partial charge in [0.25, 0.3) is 0 Å². The van der Waals surface area contributed by atoms with E-state index in [0.29, 0.717) is 0 Å². The number of hydrogen-bond acceptors (Lipinski definition) is 2. The molecular weight excluding hydrogens is 302 g/mol. The second-order valence-corrected chi connectivity index (χ2v) is 6.53. The van der Waals surface area contributed by atoms with Crippen molar-refractivity contribution in [2.45, 2.75) is 39.2 Å². The SMILES string of the molecule is CC1CCCN(C(C)C(=O)c2ccc(Br)cc2)CC1. The molecule has 1 aromatic carbocycles. The fourth-order valence-electron chi connectivity index (χ4n) is 2.69. The quantitative estimate of drug-likeness (QED) is 0.779. The number of ketones is 1. The maximum atomic E-state index is 12.5. The van der Waals surface area contributed by atoms with E-state index in [1.54, 1.807) is 0 Å². The number of rotatable bonds is 3. The number of Topliss-reactive ketones (excluding diaryl/α,β-unsaturated/α-hetero) is 1. The minimum absolute atomic E-state index is 0.00789. The first-order valence-electron chi connectivity index (χ1n) is 7.12. The van der Waals surface area contributed by atoms with Gasteiger partial charge in [-0.05, 0) is 57.3 Å². The molecule has 0 radical (unpaired) electrons. The van der Waals surface area contributed by atoms with Gasteiger partial charge in [-0.1, -0.05) is 35.0 Å². The van der Waals surface area contributed by atoms with Crippen molar-refractivity contribution in [3.05, 3.63) is 34.3 Å². The summed E-state index contributed by atoms with van der Waals surface area (Å²) in [6.45, 7) is 6.45. The molecule has 1 aliphatic heterocycles. The molecule has 0 N–H and O–H groups in total. The van der Waals surface area contributed by atoms with Crippen molar-refractivity contribution in [1.29, 1.82) is 0 Å². The van der Waals surface area contributed by atoms with Gasteiger partial charge in [0, 0.05) is 10.0 Å². The summed E-state index contributed by atoms with van der Waals surface area (Å²) in [5.41, 5.74) is 0.813. The highest BCUT2D eigenvalue weighted by Crippen LogP contribution is 2.20. The number of carbonyl (C=O) groups excluding carboxylic acids is 1. The van der Waals surface area contributed by atoms with E-state index in [9.17, 15) is 4.79 Å². The molecule has 104 valence electrons. The predicted octanol–water partition coefficient (Wildman–Crippen LogP) is 4.14. The summed E-state index contributed by atoms with van der Waals surface area (Å²) in [6.07, 6.45) is 3.70. The van der Waals surface area contributed by atoms with Crippen LogP contribution in [-0.4, -0.2) is 29.8 Å². The lowest BCUT2D eigenvalue weighted by Crippen LogP contribution is -2.39. The summed E-state index contributed by atoms with van der Waals surface area (Å²) in [6, 6.07) is 7.67. The third kappa shape index (κ3) is 3.90. The van der Waals surface area contributed by atoms with Crippen LogP contribution in [-0.2, 0) is 0 Å². The topological polar surface area (TPSA) is 20.3 Å². The molecule has 0 aromatic heterocycles. The molecule has 3 heteroatoms. The van der Waals surface area contributed by atoms with Gasteiger partial charge in [0.2, 0.25) is 0 Å². The Morgan fingerprint density at radius 1 is 1.26 bits per heavy atom. The van der Waals surface area contributed by atoms with Crippen molar-refractivity contribution < 1.29 is 4.79 Å². The van der Waals surface area contributed by atoms with Gasteiger partial charge in [0.15, 0.2) is 5.78 Å². The number of halogens is 1. The van der Waals surface area contributed by atoms with Crippen molar-refractivity contribution in [2.75, 3.05) is 13.1 Å². The summed E-state index contributed by atoms with van der Waals surface area (Å²) in [4.78, 5) is 14.8. The third-order valence-corrected chi connectivity index (χ3v) is 4.64. The van der Waals surface area contributed by atoms with Crippen molar-refractivity contribution >= 4 is 21.7 Å². The Morgan fingerprint density at radius 3 is 2.63 bits per heavy atom. The first-order valence-corrected chi connectivity index (χ1v) is 7.91. The van der Waals surface area contributed by atoms with E-state index in [0.717, 1.165) is 29.0 Å². The Bertz CT molecular complexity index is 429. The molecule has 0 amide bonds. The molecule has 1 aromatic rings. The Morgan fingerprint density at radius 2 is 1.95 bits per heavy atom. The molecule has 1 saturated heterocycles. The van der Waals surface area contributed by atoms with Crippen molar-refractivity contribution in [3.63, 3.8) is 0 Å². The predicted molar refractivity (Wildman–Crippen MR) is 82.5 cm³/mol. The average Bonchev–Trinajstić information content (AvgIpc) is 2.63. The first-order chi connectivity index (χ1) is 9.08. The van der Waals surface area contributed by atoms with Crippen LogP contribution in [0.25, 0.3) is 0 Å². The number of benzene rings is 1. The highest BCUT2D eigenvalue weighted by atomic mass is 79.9. The van der Waals surface area contributed by atoms with Gasteiger partial charge in [-0.3, -0.25) is 9.69 Å². The van der Waals surface area contributed by atoms with Crippen molar-refractivity contribution in [2.24, 2.45) is 5.92 Å². The lowest BCUT2D eigenvalue weighted by Gasteiger charge is -2.26. The summed E-state index contributed by atoms with van der Waals surface area (Å²) < 4.78 is 1.01. The minimum atomic E-state index is -0.00789. The summed E-state index contributed by atoms with van der Waals surface area (Å²) in [7, 11) is 0. The van der Waals surface area contributed by atoms with Crippen LogP contribution < -0.4 is 0 Å². The van der Waals surface area contributed by atoms with Gasteiger partial charge in [0.05, 0.1) is 6.04 Å². The van der Waals surface area contributed by atoms with Crippen LogP contribution in [0.2, 0.25) is 0 Å². The highest BCUT2D eigenvalue weighted by Gasteiger charge is 2.24. The molecule has 0 bridgehead atoms. The van der Waals surface area contributed by atoms with Gasteiger partial charge >= 0.3 is 0 Å². The molecule has 2 unspecified atom stereocenters. The standard InChI is InChI=1S/C16H22BrNO/c1-12-4-3-10-18(11-9-12)13(2)16(19)14-5-7-15(17)8-6-14/h5-8,12-13H,3-4,9-11H2,1-2H3. The molecule has 0 spiro atoms. The maximum absolute atomic E-state index is 12.5. The van der Waals surface area contributed by atoms with Crippen LogP contribution in [0.4, 0.5) is 0 Å². The highest BCUT2D eigenvalue weighted by molar-refractivity contribution is 9.10. The molecule has 1 aliphatic rings. The summed E-state index contributed by atoms with van der Waals surface area (Å²) in [5.74, 6) is 1.03. The second-order valence-electron chi connectivity index (χ2n) is 5.62. The Labute approximate surface area is 124 Å². The van der Waals surface area contributed by atoms with Crippen molar-refractivity contribution in [1.82, 2.24) is 4.90 Å². The zero-order chi connectivity index (χ0) is 13.8. The Kier molecular flexibility index (Phi) is 5.17. The van der Waals surface area contributed by atoms with Gasteiger partial charge in [0.1, 0.15) is 0 Å². The fourth-order valence-corrected chi connectivity index (χ4v) is 2.96. The zero-order valence-corrected chi connectivity index (χ0v) is 13.3. The lowest BCUT2D eigenvalue weighted by molar-refractivity contribution is 0.0841. The molecule has 19 heavy (non-hydrogen) atoms. The molecule has 2 rings (SSSR count). The second kappa shape index (κ2) is 6.67. The molecule has 2 atom stereocenters. The van der Waals surface area contributed by atoms with Crippen LogP contribution in [0.1, 0.15) is 43.5 Å². The fraction of sp³-hybridized carbons (Fsp3) is 0.562. The van der Waals surface area contributed by atoms with Gasteiger partial charge in [-0.2, -0.15) is 0 Å². The third-order valence-electron chi connectivity index (χ3n) is 4.11. The van der Waals surface area contributed by atoms with E-state index in [1.165, 1.54) is 19.3 Å². The van der Waals surface area contributed by atoms with E-state index in [1.807, 2.05) is 31.2 Å². The van der Waals surface area contributed by atoms with Crippen LogP contribution in [0, 0.1) is 5.92 Å². The van der Waals surface area contributed by atoms with Crippen LogP contribution >= 0.6 is 15.9 Å². The summed E-state index contributed by atoms with van der Waals surface area (Å²) >= 11 is 3.40. The molecule has 1 heterocycles. The lowest BCUT2D eigenvalue weighted by atomic mass is 10.0. The molecule has 0 saturated carbocycles. The average molecular weight is 324 g/mol. The zero-order valence-electron chi connectivity index (χ0n) is 11.7. The smallest absolute Gasteiger partial charge is 0.179 e. The largest absolute Gasteiger partial charge is 0.293 e. The number of hydrogen-bond donors (Lipinski definition) is 0. The molecular formula is C16H22BrNO. The van der Waals surface area contributed by atoms with E-state index < -0.39 is 0 Å². The molecule has 1 fully saturated rings. The van der Waals surface area contributed by atoms with Crippen molar-refractivity contribution in [3.8, 4) is 0 Å². The van der Waals surface area contributed by atoms with Gasteiger partial charge < -0.3 is 0 Å². The minimum Gasteiger partial charge on any atom is -0.293 e. The summed E-state index contributed by atoms with van der Waals surface area (Å²) in [5, 5.41) is 0. The van der Waals surface area contributed by atoms with E-state index >= 15 is 0 Å². The van der Waals surface area contributed by atoms with Crippen LogP contribution in [0.5, 0.6) is 0 Å². The number of carbonyl (C=O) groups is 1. The van der Waals surface area contributed by atoms with E-state index in [2.05, 4.69) is 27.8 Å². The number of likely N-dealkylation sites (tertiary alicyclic amines) is 1. The monoisotopic (exact) mass is 323 g/mol. The number of nitrogens with zero attached hydrogens (tertiary/aromatic N) is 1. The van der Waals surface area contributed by atoms with E-state index in [-0.39, 0.29) is 11.8 Å². The molecule has 0 aliphatic carbocycles. The Hall–Kier alpha value is -0.670. The van der Waals surface area contributed by atoms with Gasteiger partial charge in [-0.25, -0.2) is 0 Å².